The summed E-state index contributed by atoms with van der Waals surface area (Å²) in [6.07, 6.45) is 6.95. The van der Waals surface area contributed by atoms with Gasteiger partial charge in [-0.25, -0.2) is 0 Å². The second-order valence-electron chi connectivity index (χ2n) is 6.60. The Morgan fingerprint density at radius 1 is 1.24 bits per heavy atom. The highest BCUT2D eigenvalue weighted by Crippen LogP contribution is 2.37. The molecule has 0 spiro atoms. The van der Waals surface area contributed by atoms with E-state index in [1.54, 1.807) is 0 Å². The fourth-order valence-electron chi connectivity index (χ4n) is 4.01. The number of para-hydroxylation sites is 1. The molecule has 1 aliphatic heterocycles. The summed E-state index contributed by atoms with van der Waals surface area (Å²) in [6.45, 7) is 2.95. The van der Waals surface area contributed by atoms with E-state index in [-0.39, 0.29) is 5.92 Å². The molecule has 1 aromatic carbocycles. The zero-order valence-corrected chi connectivity index (χ0v) is 12.8. The van der Waals surface area contributed by atoms with E-state index in [1.807, 2.05) is 6.07 Å². The minimum atomic E-state index is -0.656. The minimum absolute atomic E-state index is 0.260. The molecule has 0 amide bonds. The highest BCUT2D eigenvalue weighted by atomic mass is 16.4. The smallest absolute Gasteiger partial charge is 0.308 e. The summed E-state index contributed by atoms with van der Waals surface area (Å²) in [6, 6.07) is 8.88. The van der Waals surface area contributed by atoms with Crippen LogP contribution in [0.15, 0.2) is 24.3 Å². The van der Waals surface area contributed by atoms with E-state index in [1.165, 1.54) is 43.4 Å². The predicted octanol–water partition coefficient (Wildman–Crippen LogP) is 3.72. The summed E-state index contributed by atoms with van der Waals surface area (Å²) in [5, 5.41) is 9.43. The fourth-order valence-corrected chi connectivity index (χ4v) is 4.01. The molecule has 1 fully saturated rings. The molecule has 114 valence electrons. The van der Waals surface area contributed by atoms with Gasteiger partial charge in [0.1, 0.15) is 0 Å². The van der Waals surface area contributed by atoms with Gasteiger partial charge in [0.2, 0.25) is 0 Å². The number of nitrogens with zero attached hydrogens (tertiary/aromatic N) is 1. The number of aliphatic carboxylic acids is 1. The Morgan fingerprint density at radius 2 is 1.95 bits per heavy atom. The van der Waals surface area contributed by atoms with E-state index in [0.29, 0.717) is 19.0 Å². The molecular weight excluding hydrogens is 262 g/mol. The van der Waals surface area contributed by atoms with E-state index >= 15 is 0 Å². The summed E-state index contributed by atoms with van der Waals surface area (Å²) in [5.41, 5.74) is 2.48. The lowest BCUT2D eigenvalue weighted by Gasteiger charge is -2.43. The summed E-state index contributed by atoms with van der Waals surface area (Å²) in [7, 11) is 0. The van der Waals surface area contributed by atoms with Crippen LogP contribution in [0.2, 0.25) is 0 Å². The molecule has 1 aromatic rings. The van der Waals surface area contributed by atoms with Crippen molar-refractivity contribution < 1.29 is 9.90 Å². The third-order valence-corrected chi connectivity index (χ3v) is 5.37. The monoisotopic (exact) mass is 287 g/mol. The van der Waals surface area contributed by atoms with Crippen molar-refractivity contribution in [2.75, 3.05) is 11.4 Å². The van der Waals surface area contributed by atoms with Crippen LogP contribution in [0.25, 0.3) is 0 Å². The van der Waals surface area contributed by atoms with Crippen LogP contribution in [0.5, 0.6) is 0 Å². The third-order valence-electron chi connectivity index (χ3n) is 5.37. The predicted molar refractivity (Wildman–Crippen MR) is 84.7 cm³/mol. The maximum Gasteiger partial charge on any atom is 0.308 e. The van der Waals surface area contributed by atoms with Gasteiger partial charge in [-0.1, -0.05) is 31.5 Å². The second-order valence-corrected chi connectivity index (χ2v) is 6.60. The van der Waals surface area contributed by atoms with Crippen LogP contribution in [-0.4, -0.2) is 23.7 Å². The Balaban J connectivity index is 1.82. The van der Waals surface area contributed by atoms with Crippen molar-refractivity contribution in [1.29, 1.82) is 0 Å². The Labute approximate surface area is 127 Å². The van der Waals surface area contributed by atoms with E-state index in [9.17, 15) is 9.90 Å². The van der Waals surface area contributed by atoms with Crippen LogP contribution in [0.4, 0.5) is 5.69 Å². The second kappa shape index (κ2) is 6.08. The molecule has 0 saturated heterocycles. The quantitative estimate of drug-likeness (QED) is 0.921. The lowest BCUT2D eigenvalue weighted by molar-refractivity contribution is -0.141. The summed E-state index contributed by atoms with van der Waals surface area (Å²) in [4.78, 5) is 13.9. The van der Waals surface area contributed by atoms with E-state index in [4.69, 9.17) is 0 Å². The van der Waals surface area contributed by atoms with Crippen LogP contribution < -0.4 is 4.90 Å². The Bertz CT molecular complexity index is 506. The van der Waals surface area contributed by atoms with Crippen molar-refractivity contribution in [3.05, 3.63) is 29.8 Å². The minimum Gasteiger partial charge on any atom is -0.481 e. The molecule has 1 saturated carbocycles. The Kier molecular flexibility index (Phi) is 4.18. The first-order valence-corrected chi connectivity index (χ1v) is 8.26. The van der Waals surface area contributed by atoms with Gasteiger partial charge in [-0.15, -0.1) is 0 Å². The third kappa shape index (κ3) is 2.92. The van der Waals surface area contributed by atoms with Crippen molar-refractivity contribution in [2.24, 2.45) is 11.8 Å². The molecule has 0 bridgehead atoms. The van der Waals surface area contributed by atoms with Crippen molar-refractivity contribution in [3.8, 4) is 0 Å². The number of carboxylic acids is 1. The molecule has 1 unspecified atom stereocenters. The van der Waals surface area contributed by atoms with Crippen molar-refractivity contribution in [3.63, 3.8) is 0 Å². The molecule has 1 N–H and O–H groups in total. The largest absolute Gasteiger partial charge is 0.481 e. The molecule has 1 heterocycles. The standard InChI is InChI=1S/C18H25NO2/c1-2-13-7-9-16(10-8-13)19-12-15(18(20)21)11-14-5-3-4-6-17(14)19/h3-6,13,15-16H,2,7-12H2,1H3,(H,20,21). The number of fused-ring (bicyclic) bond motifs is 1. The molecule has 21 heavy (non-hydrogen) atoms. The number of carboxylic acid groups (broad SMARTS) is 1. The van der Waals surface area contributed by atoms with E-state index in [0.717, 1.165) is 5.92 Å². The molecule has 3 heteroatoms. The summed E-state index contributed by atoms with van der Waals surface area (Å²) >= 11 is 0. The average Bonchev–Trinajstić information content (AvgIpc) is 2.54. The molecule has 0 radical (unpaired) electrons. The van der Waals surface area contributed by atoms with Gasteiger partial charge in [0, 0.05) is 18.3 Å². The molecule has 0 aromatic heterocycles. The molecule has 1 atom stereocenters. The fraction of sp³-hybridized carbons (Fsp3) is 0.611. The molecule has 2 aliphatic rings. The van der Waals surface area contributed by atoms with E-state index < -0.39 is 5.97 Å². The summed E-state index contributed by atoms with van der Waals surface area (Å²) < 4.78 is 0. The van der Waals surface area contributed by atoms with Gasteiger partial charge in [-0.05, 0) is 49.7 Å². The zero-order chi connectivity index (χ0) is 14.8. The number of hydrogen-bond acceptors (Lipinski definition) is 2. The van der Waals surface area contributed by atoms with Crippen LogP contribution in [-0.2, 0) is 11.2 Å². The van der Waals surface area contributed by atoms with Gasteiger partial charge in [0.15, 0.2) is 0 Å². The first-order valence-electron chi connectivity index (χ1n) is 8.26. The number of benzene rings is 1. The van der Waals surface area contributed by atoms with Gasteiger partial charge in [-0.2, -0.15) is 0 Å². The summed E-state index contributed by atoms with van der Waals surface area (Å²) in [5.74, 6) is -0.0444. The maximum absolute atomic E-state index is 11.5. The number of anilines is 1. The van der Waals surface area contributed by atoms with Crippen molar-refractivity contribution in [2.45, 2.75) is 51.5 Å². The molecule has 1 aliphatic carbocycles. The highest BCUT2D eigenvalue weighted by Gasteiger charge is 2.34. The van der Waals surface area contributed by atoms with Crippen LogP contribution in [0, 0.1) is 11.8 Å². The molecular formula is C18H25NO2. The maximum atomic E-state index is 11.5. The number of rotatable bonds is 3. The molecule has 3 rings (SSSR count). The van der Waals surface area contributed by atoms with Crippen LogP contribution in [0.1, 0.15) is 44.6 Å². The first kappa shape index (κ1) is 14.4. The topological polar surface area (TPSA) is 40.5 Å². The lowest BCUT2D eigenvalue weighted by Crippen LogP contribution is -2.46. The van der Waals surface area contributed by atoms with Crippen molar-refractivity contribution >= 4 is 11.7 Å². The zero-order valence-electron chi connectivity index (χ0n) is 12.8. The van der Waals surface area contributed by atoms with Crippen LogP contribution >= 0.6 is 0 Å². The van der Waals surface area contributed by atoms with Gasteiger partial charge in [0.05, 0.1) is 5.92 Å². The van der Waals surface area contributed by atoms with Gasteiger partial charge >= 0.3 is 5.97 Å². The Hall–Kier alpha value is -1.51. The number of carbonyl (C=O) groups is 1. The average molecular weight is 287 g/mol. The van der Waals surface area contributed by atoms with Gasteiger partial charge in [0.25, 0.3) is 0 Å². The first-order chi connectivity index (χ1) is 10.2. The van der Waals surface area contributed by atoms with Crippen molar-refractivity contribution in [1.82, 2.24) is 0 Å². The number of hydrogen-bond donors (Lipinski definition) is 1. The van der Waals surface area contributed by atoms with Gasteiger partial charge < -0.3 is 10.0 Å². The SMILES string of the molecule is CCC1CCC(N2CC(C(=O)O)Cc3ccccc32)CC1. The van der Waals surface area contributed by atoms with E-state index in [2.05, 4.69) is 30.0 Å². The Morgan fingerprint density at radius 3 is 2.62 bits per heavy atom. The van der Waals surface area contributed by atoms with Gasteiger partial charge in [-0.3, -0.25) is 4.79 Å². The van der Waals surface area contributed by atoms with Crippen LogP contribution in [0.3, 0.4) is 0 Å². The molecule has 3 nitrogen and oxygen atoms in total. The lowest BCUT2D eigenvalue weighted by atomic mass is 9.82. The normalized spacial score (nSPS) is 29.0. The highest BCUT2D eigenvalue weighted by molar-refractivity contribution is 5.74.